The average Bonchev–Trinajstić information content (AvgIpc) is 2.79. The number of hydrogen-bond donors (Lipinski definition) is 0. The van der Waals surface area contributed by atoms with Crippen molar-refractivity contribution in [3.8, 4) is 0 Å². The highest BCUT2D eigenvalue weighted by Gasteiger charge is 2.42. The summed E-state index contributed by atoms with van der Waals surface area (Å²) in [4.78, 5) is 17.3. The van der Waals surface area contributed by atoms with E-state index in [-0.39, 0.29) is 13.1 Å². The Morgan fingerprint density at radius 3 is 2.26 bits per heavy atom. The van der Waals surface area contributed by atoms with Crippen LogP contribution in [0.2, 0.25) is 0 Å². The van der Waals surface area contributed by atoms with Gasteiger partial charge >= 0.3 is 18.4 Å². The number of nitrogens with zero attached hydrogens (tertiary/aromatic N) is 3. The third-order valence-corrected chi connectivity index (χ3v) is 6.93. The van der Waals surface area contributed by atoms with Crippen LogP contribution in [0.5, 0.6) is 0 Å². The summed E-state index contributed by atoms with van der Waals surface area (Å²) in [6.45, 7) is 5.41. The van der Waals surface area contributed by atoms with E-state index in [1.54, 1.807) is 0 Å². The maximum absolute atomic E-state index is 13.4. The third-order valence-electron chi connectivity index (χ3n) is 6.93. The molecule has 198 valence electrons. The van der Waals surface area contributed by atoms with Crippen LogP contribution in [0.15, 0.2) is 18.2 Å². The molecule has 0 aromatic heterocycles. The normalized spacial score (nSPS) is 20.2. The largest absolute Gasteiger partial charge is 0.437 e. The minimum Gasteiger partial charge on any atom is -0.437 e. The first kappa shape index (κ1) is 27.4. The second-order valence-corrected chi connectivity index (χ2v) is 9.35. The predicted octanol–water partition coefficient (Wildman–Crippen LogP) is 4.92. The maximum atomic E-state index is 13.4. The maximum Gasteiger partial charge on any atom is 0.425 e. The molecular weight excluding hydrogens is 480 g/mol. The Morgan fingerprint density at radius 2 is 1.71 bits per heavy atom. The van der Waals surface area contributed by atoms with Gasteiger partial charge in [0.2, 0.25) is 0 Å². The number of morpholine rings is 1. The molecule has 0 radical (unpaired) electrons. The highest BCUT2D eigenvalue weighted by molar-refractivity contribution is 5.68. The van der Waals surface area contributed by atoms with Gasteiger partial charge in [-0.05, 0) is 51.4 Å². The van der Waals surface area contributed by atoms with E-state index in [4.69, 9.17) is 4.74 Å². The van der Waals surface area contributed by atoms with Gasteiger partial charge in [-0.1, -0.05) is 6.07 Å². The molecule has 35 heavy (non-hydrogen) atoms. The van der Waals surface area contributed by atoms with Gasteiger partial charge in [-0.15, -0.1) is 0 Å². The van der Waals surface area contributed by atoms with Crippen molar-refractivity contribution < 1.29 is 40.6 Å². The summed E-state index contributed by atoms with van der Waals surface area (Å²) in [7, 11) is 1.86. The molecule has 0 N–H and O–H groups in total. The molecule has 1 unspecified atom stereocenters. The molecule has 6 nitrogen and oxygen atoms in total. The molecule has 0 bridgehead atoms. The summed E-state index contributed by atoms with van der Waals surface area (Å²) in [5.41, 5.74) is 0.138. The van der Waals surface area contributed by atoms with Gasteiger partial charge < -0.3 is 19.3 Å². The van der Waals surface area contributed by atoms with Crippen LogP contribution in [0.1, 0.15) is 37.8 Å². The zero-order valence-corrected chi connectivity index (χ0v) is 20.0. The Kier molecular flexibility index (Phi) is 8.15. The molecule has 0 aliphatic carbocycles. The molecule has 2 aliphatic rings. The number of rotatable bonds is 5. The first-order valence-corrected chi connectivity index (χ1v) is 11.5. The number of anilines is 1. The number of alkyl halides is 6. The minimum atomic E-state index is -4.62. The predicted molar refractivity (Wildman–Crippen MR) is 117 cm³/mol. The number of piperidine rings is 1. The Morgan fingerprint density at radius 1 is 1.11 bits per heavy atom. The zero-order chi connectivity index (χ0) is 26.0. The Labute approximate surface area is 200 Å². The number of amides is 1. The number of carbonyl (C=O) groups excluding carboxylic acids is 1. The van der Waals surface area contributed by atoms with E-state index in [1.165, 1.54) is 17.0 Å². The molecule has 1 atom stereocenters. The average molecular weight is 512 g/mol. The number of likely N-dealkylation sites (tertiary alicyclic amines) is 1. The fourth-order valence-corrected chi connectivity index (χ4v) is 4.26. The molecule has 0 saturated carbocycles. The van der Waals surface area contributed by atoms with E-state index in [2.05, 4.69) is 4.74 Å². The van der Waals surface area contributed by atoms with E-state index in [9.17, 15) is 31.1 Å². The molecular formula is C23H31F6N3O3. The highest BCUT2D eigenvalue weighted by atomic mass is 19.4. The van der Waals surface area contributed by atoms with E-state index in [1.807, 2.05) is 23.8 Å². The molecule has 2 saturated heterocycles. The fraction of sp³-hybridized carbons (Fsp3) is 0.696. The van der Waals surface area contributed by atoms with Crippen molar-refractivity contribution in [2.45, 2.75) is 57.2 Å². The van der Waals surface area contributed by atoms with Gasteiger partial charge in [0, 0.05) is 44.0 Å². The van der Waals surface area contributed by atoms with E-state index < -0.39 is 35.7 Å². The number of benzene rings is 1. The molecule has 1 aromatic rings. The van der Waals surface area contributed by atoms with Gasteiger partial charge in [0.1, 0.15) is 0 Å². The van der Waals surface area contributed by atoms with E-state index >= 15 is 0 Å². The summed E-state index contributed by atoms with van der Waals surface area (Å²) < 4.78 is 88.1. The lowest BCUT2D eigenvalue weighted by Gasteiger charge is -2.45. The van der Waals surface area contributed by atoms with Gasteiger partial charge in [0.25, 0.3) is 0 Å². The van der Waals surface area contributed by atoms with Crippen molar-refractivity contribution in [3.63, 3.8) is 0 Å². The van der Waals surface area contributed by atoms with Crippen LogP contribution in [0.25, 0.3) is 0 Å². The van der Waals surface area contributed by atoms with E-state index in [0.29, 0.717) is 51.4 Å². The van der Waals surface area contributed by atoms with Crippen LogP contribution in [0.4, 0.5) is 36.8 Å². The first-order chi connectivity index (χ1) is 16.2. The second-order valence-electron chi connectivity index (χ2n) is 9.35. The monoisotopic (exact) mass is 511 g/mol. The van der Waals surface area contributed by atoms with Crippen LogP contribution < -0.4 is 4.90 Å². The lowest BCUT2D eigenvalue weighted by molar-refractivity contribution is -0.200. The molecule has 2 heterocycles. The van der Waals surface area contributed by atoms with Crippen molar-refractivity contribution in [1.29, 1.82) is 0 Å². The lowest BCUT2D eigenvalue weighted by Crippen LogP contribution is -2.53. The van der Waals surface area contributed by atoms with Crippen molar-refractivity contribution in [2.24, 2.45) is 0 Å². The molecule has 0 spiro atoms. The third kappa shape index (κ3) is 6.72. The molecule has 12 heteroatoms. The summed E-state index contributed by atoms with van der Waals surface area (Å²) in [5, 5.41) is 0. The van der Waals surface area contributed by atoms with E-state index in [0.717, 1.165) is 18.6 Å². The molecule has 2 aliphatic heterocycles. The van der Waals surface area contributed by atoms with Gasteiger partial charge in [0.15, 0.2) is 6.10 Å². The highest BCUT2D eigenvalue weighted by Crippen LogP contribution is 2.36. The zero-order valence-electron chi connectivity index (χ0n) is 20.0. The fourth-order valence-electron chi connectivity index (χ4n) is 4.26. The van der Waals surface area contributed by atoms with Crippen molar-refractivity contribution in [2.75, 3.05) is 51.3 Å². The Balaban J connectivity index is 1.69. The smallest absolute Gasteiger partial charge is 0.425 e. The Bertz CT molecular complexity index is 878. The SMILES string of the molecule is CC(OC(=O)N1CCC(C)(N(C)Cc2ccc(C(F)(F)F)cc2N2CCOCC2)CC1)C(F)(F)F. The number of carbonyl (C=O) groups is 1. The minimum absolute atomic E-state index is 0.216. The number of ether oxygens (including phenoxy) is 2. The van der Waals surface area contributed by atoms with Gasteiger partial charge in [-0.3, -0.25) is 4.90 Å². The summed E-state index contributed by atoms with van der Waals surface area (Å²) >= 11 is 0. The standard InChI is InChI=1S/C23H31F6N3O3/c1-16(22(24,25)26)35-20(33)32-8-6-21(2,7-9-32)30(3)15-17-4-5-18(23(27,28)29)14-19(17)31-10-12-34-13-11-31/h4-5,14,16H,6-13,15H2,1-3H3. The molecule has 1 aromatic carbocycles. The summed E-state index contributed by atoms with van der Waals surface area (Å²) in [5.74, 6) is 0. The van der Waals surface area contributed by atoms with Crippen molar-refractivity contribution in [3.05, 3.63) is 29.3 Å². The van der Waals surface area contributed by atoms with Crippen molar-refractivity contribution in [1.82, 2.24) is 9.80 Å². The van der Waals surface area contributed by atoms with Crippen LogP contribution in [-0.2, 0) is 22.2 Å². The lowest BCUT2D eigenvalue weighted by atomic mass is 9.87. The van der Waals surface area contributed by atoms with Crippen LogP contribution in [0.3, 0.4) is 0 Å². The molecule has 1 amide bonds. The molecule has 3 rings (SSSR count). The van der Waals surface area contributed by atoms with Crippen LogP contribution in [-0.4, -0.2) is 80.2 Å². The summed E-state index contributed by atoms with van der Waals surface area (Å²) in [6.07, 6.45) is -11.3. The Hall–Kier alpha value is -2.21. The quantitative estimate of drug-likeness (QED) is 0.526. The van der Waals surface area contributed by atoms with Crippen LogP contribution >= 0.6 is 0 Å². The first-order valence-electron chi connectivity index (χ1n) is 11.5. The van der Waals surface area contributed by atoms with Gasteiger partial charge in [0.05, 0.1) is 18.8 Å². The summed E-state index contributed by atoms with van der Waals surface area (Å²) in [6, 6.07) is 3.76. The van der Waals surface area contributed by atoms with Gasteiger partial charge in [-0.2, -0.15) is 26.3 Å². The van der Waals surface area contributed by atoms with Gasteiger partial charge in [-0.25, -0.2) is 4.79 Å². The topological polar surface area (TPSA) is 45.2 Å². The van der Waals surface area contributed by atoms with Crippen LogP contribution in [0, 0.1) is 0 Å². The number of hydrogen-bond acceptors (Lipinski definition) is 5. The number of halogens is 6. The second kappa shape index (κ2) is 10.4. The molecule has 2 fully saturated rings. The van der Waals surface area contributed by atoms with Crippen molar-refractivity contribution >= 4 is 11.8 Å².